The largest absolute Gasteiger partial charge is 0.389 e. The summed E-state index contributed by atoms with van der Waals surface area (Å²) in [7, 11) is 0. The summed E-state index contributed by atoms with van der Waals surface area (Å²) in [6.45, 7) is 0.557. The summed E-state index contributed by atoms with van der Waals surface area (Å²) >= 11 is 0. The molecule has 1 aromatic carbocycles. The number of ether oxygens (including phenoxy) is 1. The zero-order valence-electron chi connectivity index (χ0n) is 11.7. The van der Waals surface area contributed by atoms with Crippen LogP contribution < -0.4 is 10.6 Å². The second-order valence-corrected chi connectivity index (χ2v) is 5.22. The van der Waals surface area contributed by atoms with Crippen LogP contribution in [0.25, 0.3) is 0 Å². The number of aliphatic hydroxyl groups is 1. The van der Waals surface area contributed by atoms with Gasteiger partial charge >= 0.3 is 6.03 Å². The van der Waals surface area contributed by atoms with Gasteiger partial charge in [0.15, 0.2) is 11.6 Å². The zero-order chi connectivity index (χ0) is 16.1. The molecule has 1 aliphatic carbocycles. The van der Waals surface area contributed by atoms with Crippen molar-refractivity contribution in [2.24, 2.45) is 5.92 Å². The van der Waals surface area contributed by atoms with Crippen LogP contribution >= 0.6 is 0 Å². The van der Waals surface area contributed by atoms with Gasteiger partial charge in [0.1, 0.15) is 5.82 Å². The number of urea groups is 1. The van der Waals surface area contributed by atoms with E-state index in [1.54, 1.807) is 0 Å². The molecule has 8 heteroatoms. The molecule has 2 rings (SSSR count). The molecule has 3 N–H and O–H groups in total. The van der Waals surface area contributed by atoms with Crippen LogP contribution in [0.3, 0.4) is 0 Å². The molecule has 0 heterocycles. The van der Waals surface area contributed by atoms with E-state index in [1.807, 2.05) is 5.32 Å². The van der Waals surface area contributed by atoms with Crippen molar-refractivity contribution < 1.29 is 27.8 Å². The third-order valence-electron chi connectivity index (χ3n) is 3.12. The summed E-state index contributed by atoms with van der Waals surface area (Å²) in [5.41, 5.74) is -0.490. The average Bonchev–Trinajstić information content (AvgIpc) is 3.27. The highest BCUT2D eigenvalue weighted by Crippen LogP contribution is 2.28. The third-order valence-corrected chi connectivity index (χ3v) is 3.12. The highest BCUT2D eigenvalue weighted by atomic mass is 19.2. The van der Waals surface area contributed by atoms with Gasteiger partial charge in [0.2, 0.25) is 0 Å². The van der Waals surface area contributed by atoms with Gasteiger partial charge in [0.25, 0.3) is 0 Å². The van der Waals surface area contributed by atoms with Gasteiger partial charge in [-0.1, -0.05) is 0 Å². The van der Waals surface area contributed by atoms with Crippen LogP contribution in [-0.4, -0.2) is 37.0 Å². The first-order valence-corrected chi connectivity index (χ1v) is 6.91. The topological polar surface area (TPSA) is 70.6 Å². The normalized spacial score (nSPS) is 15.5. The Morgan fingerprint density at radius 1 is 1.27 bits per heavy atom. The first-order chi connectivity index (χ1) is 10.5. The lowest BCUT2D eigenvalue weighted by Crippen LogP contribution is -2.37. The van der Waals surface area contributed by atoms with Gasteiger partial charge in [-0.2, -0.15) is 0 Å². The molecule has 1 atom stereocenters. The number of nitrogens with one attached hydrogen (secondary N) is 2. The third kappa shape index (κ3) is 5.19. The van der Waals surface area contributed by atoms with Crippen molar-refractivity contribution in [1.29, 1.82) is 0 Å². The van der Waals surface area contributed by atoms with Crippen LogP contribution in [0.5, 0.6) is 0 Å². The van der Waals surface area contributed by atoms with Crippen LogP contribution in [0.4, 0.5) is 23.7 Å². The van der Waals surface area contributed by atoms with Gasteiger partial charge in [0, 0.05) is 25.3 Å². The molecular weight excluding hydrogens is 301 g/mol. The van der Waals surface area contributed by atoms with Crippen molar-refractivity contribution in [2.75, 3.05) is 25.1 Å². The minimum atomic E-state index is -1.34. The van der Waals surface area contributed by atoms with E-state index >= 15 is 0 Å². The Bertz CT molecular complexity index is 538. The van der Waals surface area contributed by atoms with E-state index in [4.69, 9.17) is 4.74 Å². The minimum Gasteiger partial charge on any atom is -0.389 e. The molecular formula is C14H17F3N2O3. The molecule has 1 saturated carbocycles. The molecule has 2 amide bonds. The number of aliphatic hydroxyl groups excluding tert-OH is 1. The van der Waals surface area contributed by atoms with E-state index in [1.165, 1.54) is 0 Å². The number of amides is 2. The Balaban J connectivity index is 1.71. The van der Waals surface area contributed by atoms with Gasteiger partial charge in [-0.25, -0.2) is 18.0 Å². The van der Waals surface area contributed by atoms with Crippen molar-refractivity contribution >= 4 is 11.7 Å². The fourth-order valence-corrected chi connectivity index (χ4v) is 1.71. The Morgan fingerprint density at radius 3 is 2.64 bits per heavy atom. The second-order valence-electron chi connectivity index (χ2n) is 5.22. The van der Waals surface area contributed by atoms with E-state index in [-0.39, 0.29) is 13.2 Å². The van der Waals surface area contributed by atoms with E-state index in [0.29, 0.717) is 24.7 Å². The van der Waals surface area contributed by atoms with Crippen LogP contribution in [0.2, 0.25) is 0 Å². The summed E-state index contributed by atoms with van der Waals surface area (Å²) in [5, 5.41) is 13.9. The van der Waals surface area contributed by atoms with Crippen molar-refractivity contribution in [2.45, 2.75) is 18.9 Å². The molecule has 1 unspecified atom stereocenters. The van der Waals surface area contributed by atoms with Crippen LogP contribution in [0, 0.1) is 23.4 Å². The molecule has 1 fully saturated rings. The number of hydrogen-bond acceptors (Lipinski definition) is 3. The van der Waals surface area contributed by atoms with Crippen molar-refractivity contribution in [3.8, 4) is 0 Å². The van der Waals surface area contributed by atoms with E-state index in [2.05, 4.69) is 5.32 Å². The maximum Gasteiger partial charge on any atom is 0.319 e. The van der Waals surface area contributed by atoms with Gasteiger partial charge in [-0.05, 0) is 18.8 Å². The zero-order valence-corrected chi connectivity index (χ0v) is 11.7. The lowest BCUT2D eigenvalue weighted by Gasteiger charge is -2.13. The van der Waals surface area contributed by atoms with Gasteiger partial charge in [-0.3, -0.25) is 0 Å². The maximum atomic E-state index is 13.3. The first-order valence-electron chi connectivity index (χ1n) is 6.91. The average molecular weight is 318 g/mol. The molecule has 0 radical (unpaired) electrons. The van der Waals surface area contributed by atoms with Crippen molar-refractivity contribution in [3.63, 3.8) is 0 Å². The molecule has 0 aliphatic heterocycles. The van der Waals surface area contributed by atoms with E-state index in [9.17, 15) is 23.1 Å². The molecule has 0 spiro atoms. The fourth-order valence-electron chi connectivity index (χ4n) is 1.71. The predicted molar refractivity (Wildman–Crippen MR) is 72.9 cm³/mol. The van der Waals surface area contributed by atoms with Gasteiger partial charge in [0.05, 0.1) is 18.4 Å². The molecule has 0 bridgehead atoms. The standard InChI is InChI=1S/C14H17F3N2O3/c15-10-3-12(17)13(4-11(10)16)19-14(21)18-5-9(20)7-22-6-8-1-2-8/h3-4,8-9,20H,1-2,5-7H2,(H2,18,19,21). The molecule has 5 nitrogen and oxygen atoms in total. The fraction of sp³-hybridized carbons (Fsp3) is 0.500. The van der Waals surface area contributed by atoms with Crippen molar-refractivity contribution in [3.05, 3.63) is 29.6 Å². The summed E-state index contributed by atoms with van der Waals surface area (Å²) < 4.78 is 44.3. The number of carbonyl (C=O) groups is 1. The molecule has 0 saturated heterocycles. The Labute approximate surface area is 125 Å². The minimum absolute atomic E-state index is 0.0797. The summed E-state index contributed by atoms with van der Waals surface area (Å²) in [6, 6.07) is 0.0384. The number of hydrogen-bond donors (Lipinski definition) is 3. The highest BCUT2D eigenvalue weighted by molar-refractivity contribution is 5.89. The van der Waals surface area contributed by atoms with Crippen LogP contribution in [0.1, 0.15) is 12.8 Å². The smallest absolute Gasteiger partial charge is 0.319 e. The van der Waals surface area contributed by atoms with Gasteiger partial charge in [-0.15, -0.1) is 0 Å². The van der Waals surface area contributed by atoms with Gasteiger partial charge < -0.3 is 20.5 Å². The van der Waals surface area contributed by atoms with Crippen LogP contribution in [0.15, 0.2) is 12.1 Å². The monoisotopic (exact) mass is 318 g/mol. The number of anilines is 1. The maximum absolute atomic E-state index is 13.3. The molecule has 1 aromatic rings. The molecule has 1 aliphatic rings. The predicted octanol–water partition coefficient (Wildman–Crippen LogP) is 2.01. The quantitative estimate of drug-likeness (QED) is 0.674. The van der Waals surface area contributed by atoms with E-state index < -0.39 is 35.3 Å². The van der Waals surface area contributed by atoms with Crippen LogP contribution in [-0.2, 0) is 4.74 Å². The second kappa shape index (κ2) is 7.46. The number of carbonyl (C=O) groups excluding carboxylic acids is 1. The Morgan fingerprint density at radius 2 is 1.95 bits per heavy atom. The Kier molecular flexibility index (Phi) is 5.62. The summed E-state index contributed by atoms with van der Waals surface area (Å²) in [5.74, 6) is -3.14. The molecule has 22 heavy (non-hydrogen) atoms. The molecule has 122 valence electrons. The molecule has 0 aromatic heterocycles. The van der Waals surface area contributed by atoms with Crippen molar-refractivity contribution in [1.82, 2.24) is 5.32 Å². The SMILES string of the molecule is O=C(NCC(O)COCC1CC1)Nc1cc(F)c(F)cc1F. The number of rotatable bonds is 7. The summed E-state index contributed by atoms with van der Waals surface area (Å²) in [4.78, 5) is 11.5. The highest BCUT2D eigenvalue weighted by Gasteiger charge is 2.21. The number of benzene rings is 1. The lowest BCUT2D eigenvalue weighted by molar-refractivity contribution is 0.0339. The Hall–Kier alpha value is -1.80. The lowest BCUT2D eigenvalue weighted by atomic mass is 10.3. The number of halogens is 3. The first kappa shape index (κ1) is 16.6. The van der Waals surface area contributed by atoms with E-state index in [0.717, 1.165) is 12.8 Å². The summed E-state index contributed by atoms with van der Waals surface area (Å²) in [6.07, 6.45) is 1.37.